The van der Waals surface area contributed by atoms with E-state index in [1.54, 1.807) is 0 Å². The molecule has 1 N–H and O–H groups in total. The molecular formula is C16H17N3O2. The van der Waals surface area contributed by atoms with Crippen molar-refractivity contribution in [2.24, 2.45) is 0 Å². The predicted octanol–water partition coefficient (Wildman–Crippen LogP) is 1.50. The maximum atomic E-state index is 12.2. The van der Waals surface area contributed by atoms with E-state index < -0.39 is 0 Å². The van der Waals surface area contributed by atoms with E-state index in [1.807, 2.05) is 6.07 Å². The Kier molecular flexibility index (Phi) is 2.82. The Morgan fingerprint density at radius 2 is 2.24 bits per heavy atom. The zero-order valence-corrected chi connectivity index (χ0v) is 12.0. The Morgan fingerprint density at radius 1 is 1.33 bits per heavy atom. The van der Waals surface area contributed by atoms with Crippen LogP contribution in [0.3, 0.4) is 0 Å². The molecule has 0 radical (unpaired) electrons. The Labute approximate surface area is 122 Å². The van der Waals surface area contributed by atoms with Gasteiger partial charge in [-0.2, -0.15) is 0 Å². The lowest BCUT2D eigenvalue weighted by Crippen LogP contribution is -2.24. The fourth-order valence-corrected chi connectivity index (χ4v) is 3.09. The number of aromatic nitrogens is 2. The van der Waals surface area contributed by atoms with Gasteiger partial charge in [0.05, 0.1) is 24.5 Å². The molecule has 1 aromatic carbocycles. The van der Waals surface area contributed by atoms with Crippen molar-refractivity contribution in [2.75, 3.05) is 25.1 Å². The molecule has 0 bridgehead atoms. The number of fused-ring (bicyclic) bond motifs is 2. The molecule has 2 aromatic rings. The van der Waals surface area contributed by atoms with E-state index >= 15 is 0 Å². The summed E-state index contributed by atoms with van der Waals surface area (Å²) in [6.45, 7) is 2.05. The molecule has 2 aliphatic rings. The number of nitrogens with zero attached hydrogens (tertiary/aromatic N) is 2. The Hall–Kier alpha value is -2.14. The van der Waals surface area contributed by atoms with Gasteiger partial charge in [0.15, 0.2) is 0 Å². The van der Waals surface area contributed by atoms with Gasteiger partial charge < -0.3 is 14.6 Å². The summed E-state index contributed by atoms with van der Waals surface area (Å²) >= 11 is 0. The molecule has 5 heteroatoms. The summed E-state index contributed by atoms with van der Waals surface area (Å²) in [7, 11) is 2.10. The number of rotatable bonds is 1. The molecule has 21 heavy (non-hydrogen) atoms. The molecule has 0 unspecified atom stereocenters. The van der Waals surface area contributed by atoms with Crippen LogP contribution in [0.1, 0.15) is 16.8 Å². The third kappa shape index (κ3) is 2.05. The second-order valence-electron chi connectivity index (χ2n) is 5.66. The molecule has 0 spiro atoms. The van der Waals surface area contributed by atoms with Crippen molar-refractivity contribution in [1.82, 2.24) is 9.97 Å². The van der Waals surface area contributed by atoms with Crippen LogP contribution in [-0.2, 0) is 24.2 Å². The van der Waals surface area contributed by atoms with Crippen molar-refractivity contribution in [3.05, 3.63) is 45.4 Å². The predicted molar refractivity (Wildman–Crippen MR) is 80.6 cm³/mol. The quantitative estimate of drug-likeness (QED) is 0.861. The summed E-state index contributed by atoms with van der Waals surface area (Å²) < 4.78 is 5.33. The normalized spacial score (nSPS) is 16.7. The topological polar surface area (TPSA) is 58.2 Å². The largest absolute Gasteiger partial charge is 0.376 e. The van der Waals surface area contributed by atoms with Gasteiger partial charge in [-0.1, -0.05) is 0 Å². The average Bonchev–Trinajstić information content (AvgIpc) is 2.88. The molecule has 1 aromatic heterocycles. The van der Waals surface area contributed by atoms with Gasteiger partial charge >= 0.3 is 0 Å². The molecule has 0 saturated carbocycles. The van der Waals surface area contributed by atoms with Crippen LogP contribution in [-0.4, -0.2) is 30.2 Å². The number of anilines is 1. The molecular weight excluding hydrogens is 266 g/mol. The minimum Gasteiger partial charge on any atom is -0.376 e. The minimum atomic E-state index is -0.0766. The highest BCUT2D eigenvalue weighted by Gasteiger charge is 2.19. The van der Waals surface area contributed by atoms with Crippen molar-refractivity contribution >= 4 is 5.69 Å². The Bertz CT molecular complexity index is 767. The molecule has 108 valence electrons. The first kappa shape index (κ1) is 12.6. The first-order chi connectivity index (χ1) is 10.2. The highest BCUT2D eigenvalue weighted by Crippen LogP contribution is 2.30. The van der Waals surface area contributed by atoms with Crippen LogP contribution >= 0.6 is 0 Å². The Balaban J connectivity index is 1.81. The van der Waals surface area contributed by atoms with Crippen molar-refractivity contribution < 1.29 is 4.74 Å². The van der Waals surface area contributed by atoms with Gasteiger partial charge in [-0.05, 0) is 30.2 Å². The summed E-state index contributed by atoms with van der Waals surface area (Å²) in [5, 5.41) is 0. The van der Waals surface area contributed by atoms with Gasteiger partial charge in [-0.25, -0.2) is 4.98 Å². The summed E-state index contributed by atoms with van der Waals surface area (Å²) in [5.41, 5.74) is 5.04. The molecule has 0 aliphatic carbocycles. The highest BCUT2D eigenvalue weighted by molar-refractivity contribution is 5.66. The molecule has 0 fully saturated rings. The number of nitrogens with one attached hydrogen (secondary N) is 1. The third-order valence-electron chi connectivity index (χ3n) is 4.31. The lowest BCUT2D eigenvalue weighted by Gasteiger charge is -2.16. The summed E-state index contributed by atoms with van der Waals surface area (Å²) in [5.74, 6) is 0.665. The van der Waals surface area contributed by atoms with E-state index in [9.17, 15) is 4.79 Å². The van der Waals surface area contributed by atoms with Gasteiger partial charge in [-0.15, -0.1) is 0 Å². The van der Waals surface area contributed by atoms with Crippen LogP contribution < -0.4 is 10.5 Å². The molecule has 4 rings (SSSR count). The number of H-pyrrole nitrogens is 1. The van der Waals surface area contributed by atoms with Crippen LogP contribution in [0, 0.1) is 0 Å². The number of benzene rings is 1. The van der Waals surface area contributed by atoms with Crippen molar-refractivity contribution in [3.8, 4) is 11.4 Å². The van der Waals surface area contributed by atoms with Gasteiger partial charge in [0, 0.05) is 31.3 Å². The maximum Gasteiger partial charge on any atom is 0.256 e. The summed E-state index contributed by atoms with van der Waals surface area (Å²) in [6.07, 6.45) is 1.75. The SMILES string of the molecule is CN1CCc2cc(-c3nc4c(c(=O)[nH]3)COCC4)ccc21. The smallest absolute Gasteiger partial charge is 0.256 e. The Morgan fingerprint density at radius 3 is 3.14 bits per heavy atom. The van der Waals surface area contributed by atoms with E-state index in [0.717, 1.165) is 24.2 Å². The van der Waals surface area contributed by atoms with Crippen LogP contribution in [0.15, 0.2) is 23.0 Å². The van der Waals surface area contributed by atoms with Gasteiger partial charge in [0.2, 0.25) is 0 Å². The van der Waals surface area contributed by atoms with Gasteiger partial charge in [0.25, 0.3) is 5.56 Å². The number of hydrogen-bond acceptors (Lipinski definition) is 4. The molecule has 2 aliphatic heterocycles. The monoisotopic (exact) mass is 283 g/mol. The zero-order valence-electron chi connectivity index (χ0n) is 12.0. The van der Waals surface area contributed by atoms with E-state index in [1.165, 1.54) is 11.3 Å². The second-order valence-corrected chi connectivity index (χ2v) is 5.66. The summed E-state index contributed by atoms with van der Waals surface area (Å²) in [4.78, 5) is 21.9. The number of aromatic amines is 1. The number of ether oxygens (including phenoxy) is 1. The third-order valence-corrected chi connectivity index (χ3v) is 4.31. The fraction of sp³-hybridized carbons (Fsp3) is 0.375. The van der Waals surface area contributed by atoms with E-state index in [4.69, 9.17) is 4.74 Å². The standard InChI is InChI=1S/C16H17N3O2/c1-19-6-4-10-8-11(2-3-14(10)19)15-17-13-5-7-21-9-12(13)16(20)18-15/h2-3,8H,4-7,9H2,1H3,(H,17,18,20). The number of hydrogen-bond donors (Lipinski definition) is 1. The highest BCUT2D eigenvalue weighted by atomic mass is 16.5. The minimum absolute atomic E-state index is 0.0766. The first-order valence-electron chi connectivity index (χ1n) is 7.26. The van der Waals surface area contributed by atoms with Crippen molar-refractivity contribution in [2.45, 2.75) is 19.4 Å². The number of likely N-dealkylation sites (N-methyl/N-ethyl adjacent to an activating group) is 1. The van der Waals surface area contributed by atoms with Crippen LogP contribution in [0.5, 0.6) is 0 Å². The van der Waals surface area contributed by atoms with Crippen LogP contribution in [0.2, 0.25) is 0 Å². The molecule has 0 saturated heterocycles. The first-order valence-corrected chi connectivity index (χ1v) is 7.26. The van der Waals surface area contributed by atoms with Gasteiger partial charge in [0.1, 0.15) is 5.82 Å². The molecule has 3 heterocycles. The van der Waals surface area contributed by atoms with Crippen LogP contribution in [0.4, 0.5) is 5.69 Å². The van der Waals surface area contributed by atoms with Crippen LogP contribution in [0.25, 0.3) is 11.4 Å². The van der Waals surface area contributed by atoms with Crippen molar-refractivity contribution in [1.29, 1.82) is 0 Å². The van der Waals surface area contributed by atoms with E-state index in [0.29, 0.717) is 31.0 Å². The maximum absolute atomic E-state index is 12.2. The molecule has 0 atom stereocenters. The average molecular weight is 283 g/mol. The fourth-order valence-electron chi connectivity index (χ4n) is 3.09. The molecule has 5 nitrogen and oxygen atoms in total. The van der Waals surface area contributed by atoms with Gasteiger partial charge in [-0.3, -0.25) is 4.79 Å². The zero-order chi connectivity index (χ0) is 14.4. The lowest BCUT2D eigenvalue weighted by molar-refractivity contribution is 0.108. The van der Waals surface area contributed by atoms with Crippen molar-refractivity contribution in [3.63, 3.8) is 0 Å². The lowest BCUT2D eigenvalue weighted by atomic mass is 10.1. The van der Waals surface area contributed by atoms with E-state index in [-0.39, 0.29) is 5.56 Å². The second kappa shape index (κ2) is 4.70. The molecule has 0 amide bonds. The summed E-state index contributed by atoms with van der Waals surface area (Å²) in [6, 6.07) is 6.29. The van der Waals surface area contributed by atoms with E-state index in [2.05, 4.69) is 34.0 Å².